The van der Waals surface area contributed by atoms with E-state index in [1.165, 1.54) is 5.56 Å². The molecule has 0 atom stereocenters. The summed E-state index contributed by atoms with van der Waals surface area (Å²) in [5, 5.41) is 4.07. The van der Waals surface area contributed by atoms with Crippen molar-refractivity contribution in [1.82, 2.24) is 4.98 Å². The van der Waals surface area contributed by atoms with Crippen molar-refractivity contribution in [1.29, 1.82) is 0 Å². The van der Waals surface area contributed by atoms with E-state index in [-0.39, 0.29) is 0 Å². The third-order valence-electron chi connectivity index (χ3n) is 3.69. The van der Waals surface area contributed by atoms with Gasteiger partial charge in [0, 0.05) is 17.3 Å². The lowest BCUT2D eigenvalue weighted by Gasteiger charge is -2.13. The number of fused-ring (bicyclic) bond motifs is 1. The van der Waals surface area contributed by atoms with Gasteiger partial charge in [-0.25, -0.2) is 4.98 Å². The summed E-state index contributed by atoms with van der Waals surface area (Å²) in [6.45, 7) is 0.665. The topological polar surface area (TPSA) is 50.9 Å². The number of nitrogens with two attached hydrogens (primary N) is 1. The Kier molecular flexibility index (Phi) is 4.08. The molecule has 0 radical (unpaired) electrons. The number of nitrogens with one attached hydrogen (secondary N) is 1. The van der Waals surface area contributed by atoms with Crippen molar-refractivity contribution in [3.05, 3.63) is 57.7 Å². The highest BCUT2D eigenvalue weighted by molar-refractivity contribution is 7.80. The standard InChI is InChI=1S/C16H16ClN3S/c17-12-6-4-10(5-7-12)9-19-16-13(15(18)21)8-11-2-1-3-14(11)20-16/h4-8H,1-3,9H2,(H2,18,21)(H,19,20). The molecule has 5 heteroatoms. The summed E-state index contributed by atoms with van der Waals surface area (Å²) in [7, 11) is 0. The second-order valence-corrected chi connectivity index (χ2v) is 6.06. The Bertz CT molecular complexity index is 683. The van der Waals surface area contributed by atoms with Gasteiger partial charge in [-0.1, -0.05) is 36.0 Å². The van der Waals surface area contributed by atoms with Crippen LogP contribution in [0.1, 0.15) is 28.8 Å². The zero-order valence-corrected chi connectivity index (χ0v) is 13.1. The van der Waals surface area contributed by atoms with E-state index in [1.54, 1.807) is 0 Å². The molecule has 0 spiro atoms. The first kappa shape index (κ1) is 14.3. The van der Waals surface area contributed by atoms with E-state index < -0.39 is 0 Å². The highest BCUT2D eigenvalue weighted by Gasteiger charge is 2.17. The first-order chi connectivity index (χ1) is 10.1. The van der Waals surface area contributed by atoms with Crippen LogP contribution in [0.2, 0.25) is 5.02 Å². The van der Waals surface area contributed by atoms with E-state index in [1.807, 2.05) is 24.3 Å². The Hall–Kier alpha value is -1.65. The molecule has 0 aliphatic heterocycles. The normalized spacial score (nSPS) is 13.0. The zero-order valence-electron chi connectivity index (χ0n) is 11.5. The van der Waals surface area contributed by atoms with Gasteiger partial charge in [0.2, 0.25) is 0 Å². The smallest absolute Gasteiger partial charge is 0.136 e. The van der Waals surface area contributed by atoms with Crippen molar-refractivity contribution in [2.45, 2.75) is 25.8 Å². The minimum Gasteiger partial charge on any atom is -0.389 e. The fraction of sp³-hybridized carbons (Fsp3) is 0.250. The zero-order chi connectivity index (χ0) is 14.8. The van der Waals surface area contributed by atoms with Gasteiger partial charge < -0.3 is 11.1 Å². The van der Waals surface area contributed by atoms with Crippen LogP contribution < -0.4 is 11.1 Å². The Morgan fingerprint density at radius 3 is 2.76 bits per heavy atom. The van der Waals surface area contributed by atoms with E-state index in [0.717, 1.165) is 46.9 Å². The quantitative estimate of drug-likeness (QED) is 0.848. The minimum absolute atomic E-state index is 0.385. The van der Waals surface area contributed by atoms with E-state index in [0.29, 0.717) is 11.5 Å². The van der Waals surface area contributed by atoms with Crippen LogP contribution >= 0.6 is 23.8 Å². The predicted molar refractivity (Wildman–Crippen MR) is 90.9 cm³/mol. The Morgan fingerprint density at radius 1 is 1.29 bits per heavy atom. The maximum Gasteiger partial charge on any atom is 0.136 e. The molecule has 2 aromatic rings. The number of halogens is 1. The van der Waals surface area contributed by atoms with Gasteiger partial charge in [-0.2, -0.15) is 0 Å². The second-order valence-electron chi connectivity index (χ2n) is 5.19. The SMILES string of the molecule is NC(=S)c1cc2c(nc1NCc1ccc(Cl)cc1)CCC2. The van der Waals surface area contributed by atoms with Crippen molar-refractivity contribution in [3.63, 3.8) is 0 Å². The Balaban J connectivity index is 1.84. The molecule has 0 unspecified atom stereocenters. The molecule has 108 valence electrons. The average molecular weight is 318 g/mol. The summed E-state index contributed by atoms with van der Waals surface area (Å²) in [5.74, 6) is 0.776. The van der Waals surface area contributed by atoms with Crippen LogP contribution in [-0.2, 0) is 19.4 Å². The maximum atomic E-state index is 5.89. The number of thiocarbonyl (C=S) groups is 1. The largest absolute Gasteiger partial charge is 0.389 e. The summed E-state index contributed by atoms with van der Waals surface area (Å²) in [6.07, 6.45) is 3.25. The van der Waals surface area contributed by atoms with Crippen LogP contribution in [-0.4, -0.2) is 9.97 Å². The molecule has 1 aromatic heterocycles. The molecule has 1 heterocycles. The number of hydrogen-bond donors (Lipinski definition) is 2. The molecule has 1 aliphatic rings. The van der Waals surface area contributed by atoms with Crippen molar-refractivity contribution >= 4 is 34.6 Å². The molecule has 3 nitrogen and oxygen atoms in total. The average Bonchev–Trinajstić information content (AvgIpc) is 2.92. The number of pyridine rings is 1. The Morgan fingerprint density at radius 2 is 2.05 bits per heavy atom. The fourth-order valence-corrected chi connectivity index (χ4v) is 2.86. The molecule has 0 saturated heterocycles. The van der Waals surface area contributed by atoms with E-state index in [4.69, 9.17) is 34.5 Å². The molecule has 1 aliphatic carbocycles. The van der Waals surface area contributed by atoms with Crippen molar-refractivity contribution in [2.75, 3.05) is 5.32 Å². The summed E-state index contributed by atoms with van der Waals surface area (Å²) >= 11 is 11.0. The number of aryl methyl sites for hydroxylation is 2. The summed E-state index contributed by atoms with van der Waals surface area (Å²) in [4.78, 5) is 5.09. The van der Waals surface area contributed by atoms with Gasteiger partial charge in [0.25, 0.3) is 0 Å². The number of benzene rings is 1. The van der Waals surface area contributed by atoms with Gasteiger partial charge in [0.1, 0.15) is 10.8 Å². The van der Waals surface area contributed by atoms with Crippen molar-refractivity contribution < 1.29 is 0 Å². The number of nitrogens with zero attached hydrogens (tertiary/aromatic N) is 1. The molecule has 1 aromatic carbocycles. The molecule has 0 bridgehead atoms. The Labute approximate surface area is 134 Å². The van der Waals surface area contributed by atoms with E-state index in [2.05, 4.69) is 11.4 Å². The highest BCUT2D eigenvalue weighted by atomic mass is 35.5. The molecule has 3 rings (SSSR count). The molecule has 21 heavy (non-hydrogen) atoms. The van der Waals surface area contributed by atoms with Gasteiger partial charge in [-0.15, -0.1) is 0 Å². The summed E-state index contributed by atoms with van der Waals surface area (Å²) in [5.41, 5.74) is 10.2. The molecule has 0 saturated carbocycles. The summed E-state index contributed by atoms with van der Waals surface area (Å²) in [6, 6.07) is 9.82. The third-order valence-corrected chi connectivity index (χ3v) is 4.16. The van der Waals surface area contributed by atoms with Gasteiger partial charge in [-0.05, 0) is 48.6 Å². The third kappa shape index (κ3) is 3.17. The van der Waals surface area contributed by atoms with E-state index >= 15 is 0 Å². The van der Waals surface area contributed by atoms with Gasteiger partial charge in [0.15, 0.2) is 0 Å². The van der Waals surface area contributed by atoms with Crippen LogP contribution in [0.3, 0.4) is 0 Å². The predicted octanol–water partition coefficient (Wildman–Crippen LogP) is 3.47. The molecule has 0 fully saturated rings. The van der Waals surface area contributed by atoms with Crippen LogP contribution in [0.25, 0.3) is 0 Å². The number of hydrogen-bond acceptors (Lipinski definition) is 3. The lowest BCUT2D eigenvalue weighted by atomic mass is 10.1. The fourth-order valence-electron chi connectivity index (χ4n) is 2.58. The lowest BCUT2D eigenvalue weighted by Crippen LogP contribution is -2.15. The molecule has 3 N–H and O–H groups in total. The minimum atomic E-state index is 0.385. The van der Waals surface area contributed by atoms with Crippen molar-refractivity contribution in [3.8, 4) is 0 Å². The van der Waals surface area contributed by atoms with Crippen LogP contribution in [0, 0.1) is 0 Å². The van der Waals surface area contributed by atoms with Crippen LogP contribution in [0.15, 0.2) is 30.3 Å². The first-order valence-corrected chi connectivity index (χ1v) is 7.73. The lowest BCUT2D eigenvalue weighted by molar-refractivity contribution is 0.899. The van der Waals surface area contributed by atoms with Gasteiger partial charge >= 0.3 is 0 Å². The van der Waals surface area contributed by atoms with Gasteiger partial charge in [0.05, 0.1) is 5.56 Å². The number of aromatic nitrogens is 1. The molecule has 0 amide bonds. The van der Waals surface area contributed by atoms with Crippen LogP contribution in [0.5, 0.6) is 0 Å². The van der Waals surface area contributed by atoms with Gasteiger partial charge in [-0.3, -0.25) is 0 Å². The number of anilines is 1. The monoisotopic (exact) mass is 317 g/mol. The summed E-state index contributed by atoms with van der Waals surface area (Å²) < 4.78 is 0. The highest BCUT2D eigenvalue weighted by Crippen LogP contribution is 2.25. The molecular weight excluding hydrogens is 302 g/mol. The van der Waals surface area contributed by atoms with Crippen LogP contribution in [0.4, 0.5) is 5.82 Å². The number of rotatable bonds is 4. The van der Waals surface area contributed by atoms with Crippen molar-refractivity contribution in [2.24, 2.45) is 5.73 Å². The second kappa shape index (κ2) is 6.00. The molecular formula is C16H16ClN3S. The first-order valence-electron chi connectivity index (χ1n) is 6.94. The van der Waals surface area contributed by atoms with E-state index in [9.17, 15) is 0 Å². The maximum absolute atomic E-state index is 5.89.